The monoisotopic (exact) mass is 385 g/mol. The zero-order valence-corrected chi connectivity index (χ0v) is 14.0. The van der Waals surface area contributed by atoms with Crippen molar-refractivity contribution in [2.24, 2.45) is 0 Å². The van der Waals surface area contributed by atoms with Gasteiger partial charge >= 0.3 is 0 Å². The number of anilines is 1. The number of nitrogens with two attached hydrogens (primary N) is 1. The van der Waals surface area contributed by atoms with E-state index in [4.69, 9.17) is 33.7 Å². The van der Waals surface area contributed by atoms with Crippen LogP contribution in [-0.4, -0.2) is 16.7 Å². The largest absolute Gasteiger partial charge is 0.495 e. The first kappa shape index (κ1) is 14.5. The minimum atomic E-state index is 0.333. The van der Waals surface area contributed by atoms with Gasteiger partial charge in [-0.1, -0.05) is 39.1 Å². The summed E-state index contributed by atoms with van der Waals surface area (Å²) in [7, 11) is 1.60. The highest BCUT2D eigenvalue weighted by atomic mass is 79.9. The van der Waals surface area contributed by atoms with Crippen LogP contribution in [0.3, 0.4) is 0 Å². The Morgan fingerprint density at radius 2 is 1.90 bits per heavy atom. The molecule has 0 aliphatic carbocycles. The van der Waals surface area contributed by atoms with Crippen LogP contribution in [0.25, 0.3) is 16.7 Å². The molecule has 0 atom stereocenters. The summed E-state index contributed by atoms with van der Waals surface area (Å²) in [5.74, 6) is 1.01. The molecule has 21 heavy (non-hydrogen) atoms. The fourth-order valence-corrected chi connectivity index (χ4v) is 2.85. The third-order valence-corrected chi connectivity index (χ3v) is 4.32. The Morgan fingerprint density at radius 3 is 2.62 bits per heavy atom. The number of rotatable bonds is 2. The Hall–Kier alpha value is -1.43. The van der Waals surface area contributed by atoms with Crippen LogP contribution in [0.1, 0.15) is 0 Å². The van der Waals surface area contributed by atoms with Gasteiger partial charge in [0.25, 0.3) is 0 Å². The maximum absolute atomic E-state index is 6.11. The molecular weight excluding hydrogens is 377 g/mol. The first-order valence-corrected chi connectivity index (χ1v) is 7.53. The number of nitrogen functional groups attached to an aromatic ring is 1. The van der Waals surface area contributed by atoms with Crippen LogP contribution in [0.5, 0.6) is 5.75 Å². The number of fused-ring (bicyclic) bond motifs is 1. The molecule has 1 heterocycles. The molecule has 3 rings (SSSR count). The van der Waals surface area contributed by atoms with Gasteiger partial charge in [-0.05, 0) is 30.3 Å². The Labute approximate surface area is 139 Å². The minimum absolute atomic E-state index is 0.333. The fraction of sp³-hybridized carbons (Fsp3) is 0.0714. The summed E-state index contributed by atoms with van der Waals surface area (Å²) in [4.78, 5) is 4.32. The van der Waals surface area contributed by atoms with Crippen molar-refractivity contribution in [3.63, 3.8) is 0 Å². The predicted molar refractivity (Wildman–Crippen MR) is 89.8 cm³/mol. The van der Waals surface area contributed by atoms with Gasteiger partial charge in [0, 0.05) is 4.47 Å². The number of hydrogen-bond acceptors (Lipinski definition) is 3. The molecule has 0 saturated heterocycles. The Balaban J connectivity index is 2.37. The number of benzene rings is 2. The van der Waals surface area contributed by atoms with Crippen molar-refractivity contribution >= 4 is 56.1 Å². The highest BCUT2D eigenvalue weighted by molar-refractivity contribution is 9.10. The molecule has 1 aromatic heterocycles. The van der Waals surface area contributed by atoms with Crippen molar-refractivity contribution in [2.75, 3.05) is 12.8 Å². The van der Waals surface area contributed by atoms with Crippen molar-refractivity contribution in [1.29, 1.82) is 0 Å². The van der Waals surface area contributed by atoms with Gasteiger partial charge in [0.05, 0.1) is 33.9 Å². The summed E-state index contributed by atoms with van der Waals surface area (Å²) in [5, 5.41) is 0.884. The van der Waals surface area contributed by atoms with E-state index in [2.05, 4.69) is 20.9 Å². The summed E-state index contributed by atoms with van der Waals surface area (Å²) in [6.45, 7) is 0. The van der Waals surface area contributed by atoms with E-state index >= 15 is 0 Å². The quantitative estimate of drug-likeness (QED) is 0.695. The Bertz CT molecular complexity index is 848. The predicted octanol–water partition coefficient (Wildman–Crippen LogP) is 4.69. The van der Waals surface area contributed by atoms with Crippen LogP contribution >= 0.6 is 39.1 Å². The number of imidazole rings is 1. The van der Waals surface area contributed by atoms with Crippen molar-refractivity contribution in [3.05, 3.63) is 44.8 Å². The number of methoxy groups -OCH3 is 1. The van der Waals surface area contributed by atoms with Gasteiger partial charge in [0.15, 0.2) is 0 Å². The van der Waals surface area contributed by atoms with E-state index in [1.807, 2.05) is 18.2 Å². The van der Waals surface area contributed by atoms with E-state index in [1.165, 1.54) is 0 Å². The second kappa shape index (κ2) is 5.40. The van der Waals surface area contributed by atoms with E-state index in [0.717, 1.165) is 15.7 Å². The molecule has 0 aliphatic rings. The number of halogens is 3. The summed E-state index contributed by atoms with van der Waals surface area (Å²) in [6.07, 6.45) is 0. The SMILES string of the molecule is COc1ccc(Br)cc1-n1c(N)nc2cc(Cl)c(Cl)cc21. The molecule has 4 nitrogen and oxygen atoms in total. The number of aromatic nitrogens is 2. The summed E-state index contributed by atoms with van der Waals surface area (Å²) < 4.78 is 8.08. The highest BCUT2D eigenvalue weighted by Crippen LogP contribution is 2.34. The third-order valence-electron chi connectivity index (χ3n) is 3.10. The van der Waals surface area contributed by atoms with E-state index in [9.17, 15) is 0 Å². The van der Waals surface area contributed by atoms with Crippen molar-refractivity contribution in [1.82, 2.24) is 9.55 Å². The van der Waals surface area contributed by atoms with Crippen molar-refractivity contribution in [2.45, 2.75) is 0 Å². The molecule has 2 aromatic carbocycles. The minimum Gasteiger partial charge on any atom is -0.495 e. The van der Waals surface area contributed by atoms with Gasteiger partial charge in [0.2, 0.25) is 5.95 Å². The van der Waals surface area contributed by atoms with Crippen LogP contribution in [0, 0.1) is 0 Å². The topological polar surface area (TPSA) is 53.1 Å². The average Bonchev–Trinajstić information content (AvgIpc) is 2.74. The van der Waals surface area contributed by atoms with Gasteiger partial charge in [-0.15, -0.1) is 0 Å². The van der Waals surface area contributed by atoms with Crippen LogP contribution in [-0.2, 0) is 0 Å². The number of nitrogens with zero attached hydrogens (tertiary/aromatic N) is 2. The molecule has 0 bridgehead atoms. The van der Waals surface area contributed by atoms with Gasteiger partial charge in [-0.3, -0.25) is 4.57 Å². The molecule has 7 heteroatoms. The molecule has 3 aromatic rings. The van der Waals surface area contributed by atoms with Gasteiger partial charge in [-0.25, -0.2) is 4.98 Å². The molecule has 108 valence electrons. The van der Waals surface area contributed by atoms with Crippen LogP contribution in [0.2, 0.25) is 10.0 Å². The second-order valence-corrected chi connectivity index (χ2v) is 6.11. The smallest absolute Gasteiger partial charge is 0.206 e. The molecule has 2 N–H and O–H groups in total. The van der Waals surface area contributed by atoms with Gasteiger partial charge < -0.3 is 10.5 Å². The lowest BCUT2D eigenvalue weighted by Gasteiger charge is -2.12. The second-order valence-electron chi connectivity index (χ2n) is 4.38. The molecule has 0 aliphatic heterocycles. The highest BCUT2D eigenvalue weighted by Gasteiger charge is 2.16. The lowest BCUT2D eigenvalue weighted by Crippen LogP contribution is -2.03. The molecule has 0 saturated carbocycles. The van der Waals surface area contributed by atoms with Crippen molar-refractivity contribution in [3.8, 4) is 11.4 Å². The van der Waals surface area contributed by atoms with Gasteiger partial charge in [0.1, 0.15) is 5.75 Å². The average molecular weight is 387 g/mol. The van der Waals surface area contributed by atoms with Crippen LogP contribution < -0.4 is 10.5 Å². The summed E-state index contributed by atoms with van der Waals surface area (Å²) in [5.41, 5.74) is 8.26. The lowest BCUT2D eigenvalue weighted by atomic mass is 10.2. The maximum atomic E-state index is 6.11. The zero-order chi connectivity index (χ0) is 15.1. The van der Waals surface area contributed by atoms with Crippen LogP contribution in [0.4, 0.5) is 5.95 Å². The first-order valence-electron chi connectivity index (χ1n) is 5.98. The molecule has 0 unspecified atom stereocenters. The molecule has 0 fully saturated rings. The standard InChI is InChI=1S/C14H10BrCl2N3O/c1-21-13-3-2-7(15)4-12(13)20-11-6-9(17)8(16)5-10(11)19-14(20)18/h2-6H,1H3,(H2,18,19). The Kier molecular flexibility index (Phi) is 3.73. The number of ether oxygens (including phenoxy) is 1. The zero-order valence-electron chi connectivity index (χ0n) is 10.9. The number of hydrogen-bond donors (Lipinski definition) is 1. The Morgan fingerprint density at radius 1 is 1.19 bits per heavy atom. The third kappa shape index (κ3) is 2.46. The van der Waals surface area contributed by atoms with E-state index < -0.39 is 0 Å². The fourth-order valence-electron chi connectivity index (χ4n) is 2.18. The van der Waals surface area contributed by atoms with Crippen LogP contribution in [0.15, 0.2) is 34.8 Å². The van der Waals surface area contributed by atoms with E-state index in [-0.39, 0.29) is 0 Å². The molecular formula is C14H10BrCl2N3O. The van der Waals surface area contributed by atoms with Crippen molar-refractivity contribution < 1.29 is 4.74 Å². The molecule has 0 amide bonds. The molecule has 0 spiro atoms. The lowest BCUT2D eigenvalue weighted by molar-refractivity contribution is 0.413. The summed E-state index contributed by atoms with van der Waals surface area (Å²) >= 11 is 15.6. The maximum Gasteiger partial charge on any atom is 0.206 e. The summed E-state index contributed by atoms with van der Waals surface area (Å²) in [6, 6.07) is 9.07. The van der Waals surface area contributed by atoms with E-state index in [0.29, 0.717) is 27.3 Å². The molecule has 0 radical (unpaired) electrons. The van der Waals surface area contributed by atoms with Gasteiger partial charge in [-0.2, -0.15) is 0 Å². The normalized spacial score (nSPS) is 11.0. The van der Waals surface area contributed by atoms with E-state index in [1.54, 1.807) is 23.8 Å². The first-order chi connectivity index (χ1) is 10.0.